The molecule has 0 fully saturated rings. The topological polar surface area (TPSA) is 141 Å². The van der Waals surface area contributed by atoms with E-state index in [0.29, 0.717) is 51.2 Å². The highest BCUT2D eigenvalue weighted by molar-refractivity contribution is 6.35. The van der Waals surface area contributed by atoms with E-state index >= 15 is 0 Å². The van der Waals surface area contributed by atoms with Crippen molar-refractivity contribution in [2.75, 3.05) is 13.2 Å². The van der Waals surface area contributed by atoms with E-state index in [9.17, 15) is 10.3 Å². The number of aliphatic hydroxyl groups excluding tert-OH is 1. The summed E-state index contributed by atoms with van der Waals surface area (Å²) >= 11 is 13.1. The zero-order chi connectivity index (χ0) is 35.4. The van der Waals surface area contributed by atoms with Gasteiger partial charge in [0, 0.05) is 51.2 Å². The van der Waals surface area contributed by atoms with Crippen LogP contribution < -0.4 is 15.6 Å². The van der Waals surface area contributed by atoms with Crippen molar-refractivity contribution in [1.29, 1.82) is 0 Å². The van der Waals surface area contributed by atoms with Crippen molar-refractivity contribution in [2.24, 2.45) is 10.1 Å². The summed E-state index contributed by atoms with van der Waals surface area (Å²) in [6, 6.07) is 35.0. The van der Waals surface area contributed by atoms with Gasteiger partial charge in [0.15, 0.2) is 11.6 Å². The van der Waals surface area contributed by atoms with Gasteiger partial charge >= 0.3 is 0 Å². The standard InChI is InChI=1S/C39H32Cl2N6O4/c40-26-16-19-32(33(41)22-26)36-39(23-25-8-1-6-13-34(25)44-47-42,43-37(51-36)24-14-17-27(18-15-24)50-21-7-20-48)38(49)46-45-35-30-11-4-2-9-28(30)29-10-3-5-12-31(29)35/h1-6,8-19,22,35-36,45,48H,7,20-21,23H2,(H,46,49)/t36-,39-/m0/s1. The minimum absolute atomic E-state index is 0.0109. The van der Waals surface area contributed by atoms with Crippen LogP contribution in [0.4, 0.5) is 5.69 Å². The number of hydrogen-bond donors (Lipinski definition) is 3. The number of halogens is 2. The molecular formula is C39H32Cl2N6O4. The molecular weight excluding hydrogens is 687 g/mol. The second-order valence-electron chi connectivity index (χ2n) is 12.2. The number of hydrazine groups is 1. The Kier molecular flexibility index (Phi) is 9.94. The molecule has 1 aliphatic carbocycles. The van der Waals surface area contributed by atoms with Gasteiger partial charge in [-0.25, -0.2) is 10.4 Å². The first-order valence-electron chi connectivity index (χ1n) is 16.3. The molecule has 0 saturated carbocycles. The van der Waals surface area contributed by atoms with Gasteiger partial charge in [0.05, 0.1) is 12.6 Å². The number of aliphatic hydroxyl groups is 1. The Labute approximate surface area is 304 Å². The molecule has 1 amide bonds. The number of ether oxygens (including phenoxy) is 2. The van der Waals surface area contributed by atoms with Crippen LogP contribution in [0.2, 0.25) is 10.0 Å². The van der Waals surface area contributed by atoms with Gasteiger partial charge in [-0.3, -0.25) is 10.2 Å². The average Bonchev–Trinajstić information content (AvgIpc) is 3.68. The number of nitrogens with zero attached hydrogens (tertiary/aromatic N) is 4. The summed E-state index contributed by atoms with van der Waals surface area (Å²) < 4.78 is 12.4. The van der Waals surface area contributed by atoms with Gasteiger partial charge in [0.1, 0.15) is 5.75 Å². The van der Waals surface area contributed by atoms with E-state index in [4.69, 9.17) is 42.8 Å². The maximum absolute atomic E-state index is 15.0. The smallest absolute Gasteiger partial charge is 0.266 e. The SMILES string of the molecule is [N-]=[N+]=Nc1ccccc1C[C@]1(C(=O)NNC2c3ccccc3-c3ccccc32)N=C(c2ccc(OCCCO)cc2)O[C@H]1c1ccc(Cl)cc1Cl. The summed E-state index contributed by atoms with van der Waals surface area (Å²) in [4.78, 5) is 23.1. The number of fused-ring (bicyclic) bond motifs is 3. The lowest BCUT2D eigenvalue weighted by atomic mass is 9.81. The number of carbonyl (C=O) groups is 1. The molecule has 7 rings (SSSR count). The van der Waals surface area contributed by atoms with Crippen molar-refractivity contribution >= 4 is 40.7 Å². The Morgan fingerprint density at radius 1 is 0.922 bits per heavy atom. The zero-order valence-electron chi connectivity index (χ0n) is 27.2. The summed E-state index contributed by atoms with van der Waals surface area (Å²) in [7, 11) is 0. The maximum atomic E-state index is 15.0. The molecule has 5 aromatic rings. The maximum Gasteiger partial charge on any atom is 0.266 e. The highest BCUT2D eigenvalue weighted by atomic mass is 35.5. The fraction of sp³-hybridized carbons (Fsp3) is 0.179. The third kappa shape index (κ3) is 6.76. The Hall–Kier alpha value is -5.35. The van der Waals surface area contributed by atoms with Gasteiger partial charge in [0.2, 0.25) is 5.90 Å². The van der Waals surface area contributed by atoms with E-state index in [-0.39, 0.29) is 25.0 Å². The van der Waals surface area contributed by atoms with E-state index in [2.05, 4.69) is 33.0 Å². The van der Waals surface area contributed by atoms with Crippen LogP contribution in [0.5, 0.6) is 5.75 Å². The van der Waals surface area contributed by atoms with E-state index in [0.717, 1.165) is 22.3 Å². The lowest BCUT2D eigenvalue weighted by molar-refractivity contribution is -0.130. The largest absolute Gasteiger partial charge is 0.494 e. The van der Waals surface area contributed by atoms with Gasteiger partial charge < -0.3 is 14.6 Å². The molecule has 12 heteroatoms. The molecule has 0 bridgehead atoms. The normalized spacial score (nSPS) is 17.5. The quantitative estimate of drug-likeness (QED) is 0.0390. The lowest BCUT2D eigenvalue weighted by Gasteiger charge is -2.32. The van der Waals surface area contributed by atoms with Gasteiger partial charge in [-0.1, -0.05) is 107 Å². The average molecular weight is 720 g/mol. The number of aliphatic imine (C=N–C) groups is 1. The van der Waals surface area contributed by atoms with Gasteiger partial charge in [-0.15, -0.1) is 0 Å². The third-order valence-corrected chi connectivity index (χ3v) is 9.61. The van der Waals surface area contributed by atoms with Crippen LogP contribution in [0.15, 0.2) is 125 Å². The Balaban J connectivity index is 1.32. The summed E-state index contributed by atoms with van der Waals surface area (Å²) in [5, 5.41) is 13.8. The van der Waals surface area contributed by atoms with Gasteiger partial charge in [-0.2, -0.15) is 0 Å². The monoisotopic (exact) mass is 718 g/mol. The number of carbonyl (C=O) groups excluding carboxylic acids is 1. The highest BCUT2D eigenvalue weighted by Gasteiger charge is 2.54. The molecule has 1 heterocycles. The first-order valence-corrected chi connectivity index (χ1v) is 17.1. The molecule has 256 valence electrons. The molecule has 2 atom stereocenters. The van der Waals surface area contributed by atoms with Gasteiger partial charge in [0.25, 0.3) is 5.91 Å². The minimum atomic E-state index is -1.66. The Morgan fingerprint density at radius 2 is 1.61 bits per heavy atom. The minimum Gasteiger partial charge on any atom is -0.494 e. The Bertz CT molecular complexity index is 2130. The van der Waals surface area contributed by atoms with Crippen molar-refractivity contribution in [3.05, 3.63) is 164 Å². The second kappa shape index (κ2) is 14.9. The molecule has 0 radical (unpaired) electrons. The van der Waals surface area contributed by atoms with Crippen molar-refractivity contribution < 1.29 is 19.4 Å². The first kappa shape index (κ1) is 34.1. The number of hydrogen-bond acceptors (Lipinski definition) is 7. The van der Waals surface area contributed by atoms with Crippen molar-refractivity contribution in [1.82, 2.24) is 10.9 Å². The number of nitrogens with one attached hydrogen (secondary N) is 2. The van der Waals surface area contributed by atoms with Crippen LogP contribution in [0, 0.1) is 0 Å². The molecule has 2 aliphatic rings. The van der Waals surface area contributed by atoms with E-state index < -0.39 is 17.6 Å². The molecule has 51 heavy (non-hydrogen) atoms. The summed E-state index contributed by atoms with van der Waals surface area (Å²) in [6.45, 7) is 0.389. The first-order chi connectivity index (χ1) is 24.9. The predicted molar refractivity (Wildman–Crippen MR) is 197 cm³/mol. The summed E-state index contributed by atoms with van der Waals surface area (Å²) in [5.41, 5.74) is 20.3. The van der Waals surface area contributed by atoms with Crippen LogP contribution in [-0.2, 0) is 16.0 Å². The third-order valence-electron chi connectivity index (χ3n) is 9.04. The molecule has 3 N–H and O–H groups in total. The molecule has 1 aliphatic heterocycles. The number of azide groups is 1. The van der Waals surface area contributed by atoms with Gasteiger partial charge in [-0.05, 0) is 69.7 Å². The highest BCUT2D eigenvalue weighted by Crippen LogP contribution is 2.47. The van der Waals surface area contributed by atoms with E-state index in [1.807, 2.05) is 42.5 Å². The summed E-state index contributed by atoms with van der Waals surface area (Å²) in [5.74, 6) is 0.327. The summed E-state index contributed by atoms with van der Waals surface area (Å²) in [6.07, 6.45) is -0.535. The fourth-order valence-corrected chi connectivity index (χ4v) is 7.13. The van der Waals surface area contributed by atoms with Crippen LogP contribution in [0.25, 0.3) is 21.6 Å². The molecule has 0 spiro atoms. The van der Waals surface area contributed by atoms with Crippen LogP contribution >= 0.6 is 23.2 Å². The van der Waals surface area contributed by atoms with Crippen molar-refractivity contribution in [2.45, 2.75) is 30.5 Å². The van der Waals surface area contributed by atoms with Crippen LogP contribution in [0.3, 0.4) is 0 Å². The van der Waals surface area contributed by atoms with E-state index in [1.54, 1.807) is 60.7 Å². The predicted octanol–water partition coefficient (Wildman–Crippen LogP) is 8.59. The molecule has 5 aromatic carbocycles. The van der Waals surface area contributed by atoms with Crippen LogP contribution in [-0.4, -0.2) is 35.7 Å². The fourth-order valence-electron chi connectivity index (χ4n) is 6.63. The number of amides is 1. The molecule has 0 saturated heterocycles. The zero-order valence-corrected chi connectivity index (χ0v) is 28.7. The lowest BCUT2D eigenvalue weighted by Crippen LogP contribution is -2.54. The molecule has 0 aromatic heterocycles. The molecule has 10 nitrogen and oxygen atoms in total. The van der Waals surface area contributed by atoms with Crippen molar-refractivity contribution in [3.8, 4) is 16.9 Å². The molecule has 0 unspecified atom stereocenters. The van der Waals surface area contributed by atoms with Crippen molar-refractivity contribution in [3.63, 3.8) is 0 Å². The second-order valence-corrected chi connectivity index (χ2v) is 13.0. The van der Waals surface area contributed by atoms with Crippen LogP contribution in [0.1, 0.15) is 46.4 Å². The van der Waals surface area contributed by atoms with E-state index in [1.165, 1.54) is 0 Å². The number of benzene rings is 5. The Morgan fingerprint density at radius 3 is 2.29 bits per heavy atom. The number of rotatable bonds is 12.